The number of rotatable bonds is 10. The van der Waals surface area contributed by atoms with Crippen LogP contribution < -0.4 is 20.1 Å². The lowest BCUT2D eigenvalue weighted by Gasteiger charge is -2.12. The monoisotopic (exact) mass is 652 g/mol. The summed E-state index contributed by atoms with van der Waals surface area (Å²) in [6.45, 7) is 0. The lowest BCUT2D eigenvalue weighted by Crippen LogP contribution is -2.11. The molecular formula is C40H24N6O4. The summed E-state index contributed by atoms with van der Waals surface area (Å²) in [6.07, 6.45) is 0. The van der Waals surface area contributed by atoms with Crippen molar-refractivity contribution in [1.82, 2.24) is 0 Å². The highest BCUT2D eigenvalue weighted by atomic mass is 16.5. The maximum absolute atomic E-state index is 12.8. The molecular weight excluding hydrogens is 628 g/mol. The van der Waals surface area contributed by atoms with Crippen molar-refractivity contribution in [1.29, 1.82) is 21.0 Å². The molecule has 50 heavy (non-hydrogen) atoms. The summed E-state index contributed by atoms with van der Waals surface area (Å²) in [5.41, 5.74) is 3.43. The molecule has 5 rings (SSSR count). The fourth-order valence-corrected chi connectivity index (χ4v) is 4.62. The number of ether oxygens (including phenoxy) is 2. The summed E-state index contributed by atoms with van der Waals surface area (Å²) in [5, 5.41) is 43.9. The molecule has 0 fully saturated rings. The van der Waals surface area contributed by atoms with E-state index in [4.69, 9.17) is 9.47 Å². The van der Waals surface area contributed by atoms with Gasteiger partial charge in [0, 0.05) is 22.5 Å². The van der Waals surface area contributed by atoms with Crippen LogP contribution in [0, 0.1) is 45.3 Å². The Morgan fingerprint density at radius 1 is 0.420 bits per heavy atom. The van der Waals surface area contributed by atoms with Crippen LogP contribution in [0.15, 0.2) is 145 Å². The van der Waals surface area contributed by atoms with Crippen LogP contribution in [0.1, 0.15) is 31.8 Å². The van der Waals surface area contributed by atoms with Crippen molar-refractivity contribution in [2.24, 2.45) is 0 Å². The first-order valence-corrected chi connectivity index (χ1v) is 14.9. The van der Waals surface area contributed by atoms with Gasteiger partial charge in [-0.25, -0.2) is 9.59 Å². The van der Waals surface area contributed by atoms with Crippen molar-refractivity contribution in [2.45, 2.75) is 0 Å². The Kier molecular flexibility index (Phi) is 10.7. The van der Waals surface area contributed by atoms with E-state index in [0.29, 0.717) is 33.9 Å². The van der Waals surface area contributed by atoms with Gasteiger partial charge in [-0.2, -0.15) is 21.0 Å². The molecule has 5 aromatic rings. The van der Waals surface area contributed by atoms with E-state index in [1.54, 1.807) is 97.1 Å². The van der Waals surface area contributed by atoms with Gasteiger partial charge in [0.15, 0.2) is 11.1 Å². The molecule has 0 aliphatic rings. The third-order valence-electron chi connectivity index (χ3n) is 7.10. The fourth-order valence-electron chi connectivity index (χ4n) is 4.62. The van der Waals surface area contributed by atoms with E-state index in [1.165, 1.54) is 24.3 Å². The van der Waals surface area contributed by atoms with E-state index in [1.807, 2.05) is 36.4 Å². The van der Waals surface area contributed by atoms with Crippen molar-refractivity contribution in [3.05, 3.63) is 167 Å². The molecule has 0 bridgehead atoms. The zero-order valence-corrected chi connectivity index (χ0v) is 26.1. The second kappa shape index (κ2) is 16.1. The molecule has 2 N–H and O–H groups in total. The van der Waals surface area contributed by atoms with Crippen LogP contribution in [0.4, 0.5) is 11.4 Å². The maximum Gasteiger partial charge on any atom is 0.343 e. The molecule has 0 heterocycles. The molecule has 5 aromatic carbocycles. The normalized spacial score (nSPS) is 9.68. The van der Waals surface area contributed by atoms with Crippen LogP contribution in [0.3, 0.4) is 0 Å². The van der Waals surface area contributed by atoms with Crippen molar-refractivity contribution >= 4 is 34.7 Å². The summed E-state index contributed by atoms with van der Waals surface area (Å²) in [6, 6.07) is 44.2. The van der Waals surface area contributed by atoms with E-state index in [9.17, 15) is 30.6 Å². The van der Waals surface area contributed by atoms with Gasteiger partial charge in [0.05, 0.1) is 22.5 Å². The Labute approximate surface area is 287 Å². The molecule has 0 radical (unpaired) electrons. The lowest BCUT2D eigenvalue weighted by atomic mass is 10.1. The van der Waals surface area contributed by atoms with Crippen LogP contribution in [-0.4, -0.2) is 11.9 Å². The average Bonchev–Trinajstić information content (AvgIpc) is 3.17. The fraction of sp³-hybridized carbons (Fsp3) is 0. The third-order valence-corrected chi connectivity index (χ3v) is 7.10. The first-order valence-electron chi connectivity index (χ1n) is 14.9. The van der Waals surface area contributed by atoms with Gasteiger partial charge in [0.1, 0.15) is 35.8 Å². The highest BCUT2D eigenvalue weighted by molar-refractivity contribution is 5.95. The molecule has 0 aliphatic carbocycles. The number of allylic oxidation sites excluding steroid dienone is 2. The van der Waals surface area contributed by atoms with E-state index >= 15 is 0 Å². The highest BCUT2D eigenvalue weighted by Crippen LogP contribution is 2.26. The first kappa shape index (κ1) is 33.4. The molecule has 0 unspecified atom stereocenters. The molecule has 0 aliphatic heterocycles. The zero-order valence-electron chi connectivity index (χ0n) is 26.1. The predicted octanol–water partition coefficient (Wildman–Crippen LogP) is 7.87. The third kappa shape index (κ3) is 8.26. The average molecular weight is 653 g/mol. The summed E-state index contributed by atoms with van der Waals surface area (Å²) in [5.74, 6) is -0.767. The summed E-state index contributed by atoms with van der Waals surface area (Å²) < 4.78 is 11.0. The van der Waals surface area contributed by atoms with Gasteiger partial charge in [-0.1, -0.05) is 60.7 Å². The smallest absolute Gasteiger partial charge is 0.343 e. The number of nitrogens with one attached hydrogen (secondary N) is 2. The Morgan fingerprint density at radius 3 is 1.04 bits per heavy atom. The minimum absolute atomic E-state index is 0.0799. The van der Waals surface area contributed by atoms with Gasteiger partial charge >= 0.3 is 11.9 Å². The Bertz CT molecular complexity index is 2060. The minimum atomic E-state index is -0.644. The van der Waals surface area contributed by atoms with Gasteiger partial charge in [-0.3, -0.25) is 0 Å². The summed E-state index contributed by atoms with van der Waals surface area (Å²) in [7, 11) is 0. The molecule has 238 valence electrons. The minimum Gasteiger partial charge on any atom is -0.423 e. The molecule has 10 heteroatoms. The molecule has 0 saturated carbocycles. The largest absolute Gasteiger partial charge is 0.423 e. The number of carbonyl (C=O) groups is 2. The number of esters is 2. The highest BCUT2D eigenvalue weighted by Gasteiger charge is 2.15. The van der Waals surface area contributed by atoms with E-state index in [-0.39, 0.29) is 33.8 Å². The number of hydrogen-bond donors (Lipinski definition) is 2. The van der Waals surface area contributed by atoms with Crippen LogP contribution in [0.2, 0.25) is 0 Å². The maximum atomic E-state index is 12.8. The number of anilines is 2. The second-order valence-corrected chi connectivity index (χ2v) is 10.3. The molecule has 0 atom stereocenters. The van der Waals surface area contributed by atoms with Gasteiger partial charge in [-0.15, -0.1) is 0 Å². The van der Waals surface area contributed by atoms with E-state index in [0.717, 1.165) is 0 Å². The number of nitriles is 4. The van der Waals surface area contributed by atoms with E-state index < -0.39 is 11.9 Å². The molecule has 0 aromatic heterocycles. The standard InChI is InChI=1S/C40H24N6O4/c41-23-31(24-42)37(27-7-3-1-4-8-27)45-33-15-19-35(20-16-33)49-39(47)29-11-13-30(14-12-29)40(48)50-36-21-17-34(18-22-36)46-38(32(25-43)26-44)28-9-5-2-6-10-28/h1-22,45-46H. The van der Waals surface area contributed by atoms with Crippen LogP contribution in [0.5, 0.6) is 11.5 Å². The topological polar surface area (TPSA) is 172 Å². The lowest BCUT2D eigenvalue weighted by molar-refractivity contribution is 0.0720. The van der Waals surface area contributed by atoms with Gasteiger partial charge < -0.3 is 20.1 Å². The number of benzene rings is 5. The molecule has 0 amide bonds. The van der Waals surface area contributed by atoms with Gasteiger partial charge in [0.2, 0.25) is 0 Å². The molecule has 0 spiro atoms. The Morgan fingerprint density at radius 2 is 0.740 bits per heavy atom. The SMILES string of the molecule is N#CC(C#N)=C(Nc1ccc(OC(=O)c2ccc(C(=O)Oc3ccc(NC(=C(C#N)C#N)c4ccccc4)cc3)cc2)cc1)c1ccccc1. The summed E-state index contributed by atoms with van der Waals surface area (Å²) >= 11 is 0. The van der Waals surface area contributed by atoms with Crippen molar-refractivity contribution < 1.29 is 19.1 Å². The van der Waals surface area contributed by atoms with Gasteiger partial charge in [0.25, 0.3) is 0 Å². The zero-order chi connectivity index (χ0) is 35.3. The Hall–Kier alpha value is -7.92. The van der Waals surface area contributed by atoms with Crippen molar-refractivity contribution in [2.75, 3.05) is 10.6 Å². The van der Waals surface area contributed by atoms with Crippen molar-refractivity contribution in [3.8, 4) is 35.8 Å². The van der Waals surface area contributed by atoms with Crippen LogP contribution in [-0.2, 0) is 0 Å². The molecule has 10 nitrogen and oxygen atoms in total. The van der Waals surface area contributed by atoms with Crippen molar-refractivity contribution in [3.63, 3.8) is 0 Å². The first-order chi connectivity index (χ1) is 24.4. The number of hydrogen-bond acceptors (Lipinski definition) is 10. The summed E-state index contributed by atoms with van der Waals surface area (Å²) in [4.78, 5) is 25.6. The Balaban J connectivity index is 1.19. The van der Waals surface area contributed by atoms with Gasteiger partial charge in [-0.05, 0) is 72.8 Å². The number of nitrogens with zero attached hydrogens (tertiary/aromatic N) is 4. The van der Waals surface area contributed by atoms with Crippen LogP contribution >= 0.6 is 0 Å². The molecule has 0 saturated heterocycles. The van der Waals surface area contributed by atoms with E-state index in [2.05, 4.69) is 10.6 Å². The van der Waals surface area contributed by atoms with Crippen LogP contribution in [0.25, 0.3) is 11.4 Å². The predicted molar refractivity (Wildman–Crippen MR) is 186 cm³/mol. The number of carbonyl (C=O) groups excluding carboxylic acids is 2. The quantitative estimate of drug-likeness (QED) is 0.0859. The second-order valence-electron chi connectivity index (χ2n) is 10.3.